The highest BCUT2D eigenvalue weighted by molar-refractivity contribution is 5.70. The Morgan fingerprint density at radius 2 is 1.86 bits per heavy atom. The summed E-state index contributed by atoms with van der Waals surface area (Å²) in [5, 5.41) is 3.95. The van der Waals surface area contributed by atoms with Crippen LogP contribution in [0.25, 0.3) is 11.5 Å². The molecule has 0 aliphatic carbocycles. The first-order valence-corrected chi connectivity index (χ1v) is 6.52. The third-order valence-electron chi connectivity index (χ3n) is 2.98. The molecule has 0 saturated heterocycles. The Bertz CT molecular complexity index is 575. The molecule has 0 saturated carbocycles. The van der Waals surface area contributed by atoms with Crippen LogP contribution in [-0.4, -0.2) is 49.9 Å². The predicted molar refractivity (Wildman–Crippen MR) is 78.3 cm³/mol. The fraction of sp³-hybridized carbons (Fsp3) is 0.429. The van der Waals surface area contributed by atoms with Gasteiger partial charge in [-0.25, -0.2) is 0 Å². The molecule has 0 fully saturated rings. The lowest BCUT2D eigenvalue weighted by atomic mass is 10.1. The summed E-state index contributed by atoms with van der Waals surface area (Å²) < 4.78 is 16.0. The highest BCUT2D eigenvalue weighted by atomic mass is 16.5. The van der Waals surface area contributed by atoms with E-state index < -0.39 is 0 Å². The normalized spacial score (nSPS) is 12.5. The fourth-order valence-corrected chi connectivity index (χ4v) is 2.02. The summed E-state index contributed by atoms with van der Waals surface area (Å²) in [5.74, 6) is 1.98. The van der Waals surface area contributed by atoms with E-state index in [2.05, 4.69) is 10.1 Å². The van der Waals surface area contributed by atoms with Crippen molar-refractivity contribution in [2.75, 3.05) is 34.9 Å². The quantitative estimate of drug-likeness (QED) is 0.859. The molecule has 1 aromatic carbocycles. The molecule has 1 atom stereocenters. The minimum atomic E-state index is -0.321. The van der Waals surface area contributed by atoms with Gasteiger partial charge in [0.2, 0.25) is 0 Å². The average Bonchev–Trinajstić information content (AvgIpc) is 2.95. The van der Waals surface area contributed by atoms with Crippen molar-refractivity contribution in [3.8, 4) is 23.0 Å². The monoisotopic (exact) mass is 292 g/mol. The number of aromatic nitrogens is 2. The summed E-state index contributed by atoms with van der Waals surface area (Å²) in [6.07, 6.45) is 0. The molecular weight excluding hydrogens is 272 g/mol. The van der Waals surface area contributed by atoms with E-state index in [4.69, 9.17) is 19.7 Å². The van der Waals surface area contributed by atoms with E-state index >= 15 is 0 Å². The summed E-state index contributed by atoms with van der Waals surface area (Å²) in [4.78, 5) is 6.32. The summed E-state index contributed by atoms with van der Waals surface area (Å²) >= 11 is 0. The molecule has 0 radical (unpaired) electrons. The molecule has 1 unspecified atom stereocenters. The van der Waals surface area contributed by atoms with Crippen LogP contribution in [0.15, 0.2) is 22.7 Å². The second kappa shape index (κ2) is 6.55. The van der Waals surface area contributed by atoms with Crippen molar-refractivity contribution in [2.24, 2.45) is 5.73 Å². The van der Waals surface area contributed by atoms with Crippen LogP contribution in [-0.2, 0) is 0 Å². The minimum absolute atomic E-state index is 0.321. The second-order valence-electron chi connectivity index (χ2n) is 4.86. The third kappa shape index (κ3) is 3.32. The van der Waals surface area contributed by atoms with Crippen molar-refractivity contribution >= 4 is 0 Å². The van der Waals surface area contributed by atoms with Crippen LogP contribution in [0, 0.1) is 0 Å². The number of nitrogens with two attached hydrogens (primary N) is 1. The Morgan fingerprint density at radius 1 is 1.24 bits per heavy atom. The Balaban J connectivity index is 2.37. The van der Waals surface area contributed by atoms with Gasteiger partial charge in [-0.05, 0) is 26.2 Å². The third-order valence-corrected chi connectivity index (χ3v) is 2.98. The molecule has 1 aromatic heterocycles. The standard InChI is InChI=1S/C14H20N4O3/c1-18(2)8-9(15)13-16-14(21-17-13)12-10(19-3)6-5-7-11(12)20-4/h5-7,9H,8,15H2,1-4H3. The maximum Gasteiger partial charge on any atom is 0.265 e. The van der Waals surface area contributed by atoms with Crippen LogP contribution >= 0.6 is 0 Å². The maximum atomic E-state index is 6.04. The first kappa shape index (κ1) is 15.3. The Morgan fingerprint density at radius 3 is 2.38 bits per heavy atom. The van der Waals surface area contributed by atoms with Crippen molar-refractivity contribution in [3.63, 3.8) is 0 Å². The minimum Gasteiger partial charge on any atom is -0.496 e. The largest absolute Gasteiger partial charge is 0.496 e. The Kier molecular flexibility index (Phi) is 4.77. The number of rotatable bonds is 6. The van der Waals surface area contributed by atoms with Crippen molar-refractivity contribution in [1.82, 2.24) is 15.0 Å². The molecule has 21 heavy (non-hydrogen) atoms. The van der Waals surface area contributed by atoms with E-state index in [1.807, 2.05) is 37.2 Å². The molecule has 0 amide bonds. The Labute approximate surface area is 123 Å². The van der Waals surface area contributed by atoms with Gasteiger partial charge in [0.25, 0.3) is 5.89 Å². The van der Waals surface area contributed by atoms with Gasteiger partial charge in [-0.15, -0.1) is 0 Å². The molecular formula is C14H20N4O3. The van der Waals surface area contributed by atoms with Gasteiger partial charge in [0.05, 0.1) is 20.3 Å². The lowest BCUT2D eigenvalue weighted by molar-refractivity contribution is 0.355. The number of likely N-dealkylation sites (N-methyl/N-ethyl adjacent to an activating group) is 1. The summed E-state index contributed by atoms with van der Waals surface area (Å²) in [7, 11) is 7.02. The van der Waals surface area contributed by atoms with Crippen LogP contribution in [0.2, 0.25) is 0 Å². The first-order chi connectivity index (χ1) is 10.1. The summed E-state index contributed by atoms with van der Waals surface area (Å²) in [5.41, 5.74) is 6.66. The number of methoxy groups -OCH3 is 2. The molecule has 0 aliphatic heterocycles. The zero-order valence-corrected chi connectivity index (χ0v) is 12.7. The molecule has 2 N–H and O–H groups in total. The van der Waals surface area contributed by atoms with Crippen LogP contribution in [0.3, 0.4) is 0 Å². The average molecular weight is 292 g/mol. The van der Waals surface area contributed by atoms with E-state index in [-0.39, 0.29) is 6.04 Å². The molecule has 0 aliphatic rings. The van der Waals surface area contributed by atoms with E-state index in [1.165, 1.54) is 0 Å². The van der Waals surface area contributed by atoms with Gasteiger partial charge in [0.15, 0.2) is 5.82 Å². The van der Waals surface area contributed by atoms with E-state index in [0.717, 1.165) is 0 Å². The fourth-order valence-electron chi connectivity index (χ4n) is 2.02. The SMILES string of the molecule is COc1cccc(OC)c1-c1nc(C(N)CN(C)C)no1. The Hall–Kier alpha value is -2.12. The van der Waals surface area contributed by atoms with Crippen molar-refractivity contribution in [2.45, 2.75) is 6.04 Å². The highest BCUT2D eigenvalue weighted by Crippen LogP contribution is 2.37. The van der Waals surface area contributed by atoms with Gasteiger partial charge in [-0.2, -0.15) is 4.98 Å². The van der Waals surface area contributed by atoms with Crippen LogP contribution in [0.4, 0.5) is 0 Å². The second-order valence-corrected chi connectivity index (χ2v) is 4.86. The molecule has 1 heterocycles. The van der Waals surface area contributed by atoms with Gasteiger partial charge in [-0.1, -0.05) is 11.2 Å². The van der Waals surface area contributed by atoms with E-state index in [1.54, 1.807) is 14.2 Å². The van der Waals surface area contributed by atoms with Crippen LogP contribution < -0.4 is 15.2 Å². The van der Waals surface area contributed by atoms with Gasteiger partial charge in [-0.3, -0.25) is 0 Å². The number of hydrogen-bond donors (Lipinski definition) is 1. The molecule has 0 spiro atoms. The van der Waals surface area contributed by atoms with Crippen molar-refractivity contribution in [3.05, 3.63) is 24.0 Å². The zero-order chi connectivity index (χ0) is 15.4. The van der Waals surface area contributed by atoms with Crippen molar-refractivity contribution < 1.29 is 14.0 Å². The summed E-state index contributed by atoms with van der Waals surface area (Å²) in [6, 6.07) is 5.12. The number of ether oxygens (including phenoxy) is 2. The number of hydrogen-bond acceptors (Lipinski definition) is 7. The molecule has 7 nitrogen and oxygen atoms in total. The molecule has 2 rings (SSSR count). The van der Waals surface area contributed by atoms with E-state index in [0.29, 0.717) is 35.3 Å². The topological polar surface area (TPSA) is 86.6 Å². The molecule has 0 bridgehead atoms. The molecule has 114 valence electrons. The summed E-state index contributed by atoms with van der Waals surface area (Å²) in [6.45, 7) is 0.627. The highest BCUT2D eigenvalue weighted by Gasteiger charge is 2.21. The van der Waals surface area contributed by atoms with Gasteiger partial charge in [0.1, 0.15) is 17.1 Å². The van der Waals surface area contributed by atoms with E-state index in [9.17, 15) is 0 Å². The number of nitrogens with zero attached hydrogens (tertiary/aromatic N) is 3. The number of benzene rings is 1. The lowest BCUT2D eigenvalue weighted by Gasteiger charge is -2.13. The van der Waals surface area contributed by atoms with Gasteiger partial charge < -0.3 is 24.6 Å². The van der Waals surface area contributed by atoms with Gasteiger partial charge >= 0.3 is 0 Å². The van der Waals surface area contributed by atoms with Crippen LogP contribution in [0.1, 0.15) is 11.9 Å². The molecule has 7 heteroatoms. The molecule has 2 aromatic rings. The van der Waals surface area contributed by atoms with Gasteiger partial charge in [0, 0.05) is 6.54 Å². The van der Waals surface area contributed by atoms with Crippen molar-refractivity contribution in [1.29, 1.82) is 0 Å². The predicted octanol–water partition coefficient (Wildman–Crippen LogP) is 1.32. The lowest BCUT2D eigenvalue weighted by Crippen LogP contribution is -2.26. The smallest absolute Gasteiger partial charge is 0.265 e. The maximum absolute atomic E-state index is 6.04. The zero-order valence-electron chi connectivity index (χ0n) is 12.7. The van der Waals surface area contributed by atoms with Crippen LogP contribution in [0.5, 0.6) is 11.5 Å². The first-order valence-electron chi connectivity index (χ1n) is 6.52.